The van der Waals surface area contributed by atoms with Crippen LogP contribution in [-0.2, 0) is 17.8 Å². The van der Waals surface area contributed by atoms with Gasteiger partial charge in [0.2, 0.25) is 5.91 Å². The molecule has 170 valence electrons. The number of aromatic amines is 1. The van der Waals surface area contributed by atoms with E-state index in [1.807, 2.05) is 37.2 Å². The maximum atomic E-state index is 12.9. The number of hydrogen-bond donors (Lipinski definition) is 1. The molecule has 0 radical (unpaired) electrons. The van der Waals surface area contributed by atoms with Gasteiger partial charge in [0, 0.05) is 75.4 Å². The van der Waals surface area contributed by atoms with Gasteiger partial charge in [0.25, 0.3) is 5.91 Å². The van der Waals surface area contributed by atoms with Crippen LogP contribution in [0.5, 0.6) is 0 Å². The number of fused-ring (bicyclic) bond motifs is 1. The van der Waals surface area contributed by atoms with Crippen LogP contribution < -0.4 is 4.90 Å². The van der Waals surface area contributed by atoms with Crippen molar-refractivity contribution in [3.8, 4) is 11.3 Å². The third-order valence-corrected chi connectivity index (χ3v) is 6.75. The molecule has 0 bridgehead atoms. The molecule has 8 heteroatoms. The predicted molar refractivity (Wildman–Crippen MR) is 126 cm³/mol. The van der Waals surface area contributed by atoms with Crippen molar-refractivity contribution in [3.05, 3.63) is 65.1 Å². The number of aryl methyl sites for hydroxylation is 2. The normalized spacial score (nSPS) is 16.7. The first-order valence-corrected chi connectivity index (χ1v) is 11.4. The van der Waals surface area contributed by atoms with Crippen LogP contribution in [0.15, 0.2) is 42.9 Å². The smallest absolute Gasteiger partial charge is 0.255 e. The number of piperazine rings is 1. The van der Waals surface area contributed by atoms with E-state index < -0.39 is 0 Å². The van der Waals surface area contributed by atoms with Crippen molar-refractivity contribution in [1.29, 1.82) is 0 Å². The first-order chi connectivity index (χ1) is 16.0. The van der Waals surface area contributed by atoms with Crippen molar-refractivity contribution in [2.75, 3.05) is 38.1 Å². The maximum Gasteiger partial charge on any atom is 0.255 e. The van der Waals surface area contributed by atoms with Crippen LogP contribution >= 0.6 is 0 Å². The maximum absolute atomic E-state index is 12.9. The molecule has 2 aliphatic heterocycles. The Morgan fingerprint density at radius 3 is 2.70 bits per heavy atom. The lowest BCUT2D eigenvalue weighted by atomic mass is 9.97. The van der Waals surface area contributed by atoms with Crippen LogP contribution in [0.1, 0.15) is 33.5 Å². The molecule has 5 rings (SSSR count). The van der Waals surface area contributed by atoms with Crippen molar-refractivity contribution in [3.63, 3.8) is 0 Å². The quantitative estimate of drug-likeness (QED) is 0.669. The van der Waals surface area contributed by atoms with Crippen LogP contribution in [0, 0.1) is 6.92 Å². The second-order valence-electron chi connectivity index (χ2n) is 8.83. The van der Waals surface area contributed by atoms with Gasteiger partial charge < -0.3 is 9.80 Å². The van der Waals surface area contributed by atoms with Crippen molar-refractivity contribution in [1.82, 2.24) is 25.0 Å². The Hall–Kier alpha value is -3.52. The highest BCUT2D eigenvalue weighted by Crippen LogP contribution is 2.32. The average Bonchev–Trinajstić information content (AvgIpc) is 3.30. The van der Waals surface area contributed by atoms with Crippen molar-refractivity contribution in [2.45, 2.75) is 26.3 Å². The van der Waals surface area contributed by atoms with E-state index in [0.717, 1.165) is 54.1 Å². The Morgan fingerprint density at radius 1 is 1.09 bits per heavy atom. The molecule has 8 nitrogen and oxygen atoms in total. The van der Waals surface area contributed by atoms with Crippen molar-refractivity contribution in [2.24, 2.45) is 0 Å². The number of carbonyl (C=O) groups excluding carboxylic acids is 2. The van der Waals surface area contributed by atoms with Gasteiger partial charge in [-0.25, -0.2) is 0 Å². The Labute approximate surface area is 193 Å². The van der Waals surface area contributed by atoms with Gasteiger partial charge in [0.1, 0.15) is 0 Å². The summed E-state index contributed by atoms with van der Waals surface area (Å²) in [4.78, 5) is 35.0. The molecule has 2 amide bonds. The number of rotatable bonds is 4. The zero-order valence-electron chi connectivity index (χ0n) is 19.0. The lowest BCUT2D eigenvalue weighted by Crippen LogP contribution is -2.48. The monoisotopic (exact) mass is 444 g/mol. The number of nitrogens with one attached hydrogen (secondary N) is 1. The minimum absolute atomic E-state index is 0.0572. The summed E-state index contributed by atoms with van der Waals surface area (Å²) in [5.74, 6) is 0.218. The van der Waals surface area contributed by atoms with Crippen LogP contribution in [-0.4, -0.2) is 70.0 Å². The van der Waals surface area contributed by atoms with Crippen LogP contribution in [0.2, 0.25) is 0 Å². The molecular formula is C25H28N6O2. The molecule has 33 heavy (non-hydrogen) atoms. The molecule has 1 aromatic carbocycles. The number of nitrogens with zero attached hydrogens (tertiary/aromatic N) is 5. The fourth-order valence-electron chi connectivity index (χ4n) is 4.70. The first-order valence-electron chi connectivity index (χ1n) is 11.4. The summed E-state index contributed by atoms with van der Waals surface area (Å²) < 4.78 is 0. The lowest BCUT2D eigenvalue weighted by molar-refractivity contribution is -0.118. The topological polar surface area (TPSA) is 85.4 Å². The molecule has 4 heterocycles. The summed E-state index contributed by atoms with van der Waals surface area (Å²) in [7, 11) is 1.83. The third-order valence-electron chi connectivity index (χ3n) is 6.75. The lowest BCUT2D eigenvalue weighted by Gasteiger charge is -2.35. The molecule has 2 aromatic heterocycles. The van der Waals surface area contributed by atoms with Gasteiger partial charge in [-0.2, -0.15) is 5.10 Å². The van der Waals surface area contributed by atoms with Gasteiger partial charge in [-0.15, -0.1) is 0 Å². The molecule has 1 saturated heterocycles. The van der Waals surface area contributed by atoms with Crippen molar-refractivity contribution >= 4 is 17.5 Å². The number of aromatic nitrogens is 3. The number of benzene rings is 1. The largest absolute Gasteiger partial charge is 0.336 e. The Morgan fingerprint density at radius 2 is 1.91 bits per heavy atom. The average molecular weight is 445 g/mol. The van der Waals surface area contributed by atoms with E-state index in [1.54, 1.807) is 17.3 Å². The van der Waals surface area contributed by atoms with E-state index in [2.05, 4.69) is 32.2 Å². The van der Waals surface area contributed by atoms with Gasteiger partial charge >= 0.3 is 0 Å². The predicted octanol–water partition coefficient (Wildman–Crippen LogP) is 2.65. The van der Waals surface area contributed by atoms with E-state index in [-0.39, 0.29) is 11.8 Å². The summed E-state index contributed by atoms with van der Waals surface area (Å²) >= 11 is 0. The minimum atomic E-state index is 0.0572. The van der Waals surface area contributed by atoms with E-state index in [4.69, 9.17) is 0 Å². The summed E-state index contributed by atoms with van der Waals surface area (Å²) in [6, 6.07) is 8.12. The van der Waals surface area contributed by atoms with Gasteiger partial charge in [-0.1, -0.05) is 6.07 Å². The molecule has 0 unspecified atom stereocenters. The highest BCUT2D eigenvalue weighted by atomic mass is 16.2. The van der Waals surface area contributed by atoms with Crippen LogP contribution in [0.25, 0.3) is 11.3 Å². The standard InChI is InChI=1S/C25H28N6O2/c1-17-7-8-26-15-21(17)25(33)31-11-9-30(10-12-31)16-20-14-27-28-24(20)19-3-5-22-18(13-19)4-6-23(32)29(22)2/h3,5,7-8,13-15H,4,6,9-12,16H2,1-2H3,(H,27,28). The molecule has 3 aromatic rings. The molecule has 2 aliphatic rings. The highest BCUT2D eigenvalue weighted by molar-refractivity contribution is 5.96. The van der Waals surface area contributed by atoms with E-state index in [1.165, 1.54) is 5.56 Å². The van der Waals surface area contributed by atoms with Crippen LogP contribution in [0.3, 0.4) is 0 Å². The Balaban J connectivity index is 1.26. The molecule has 0 aliphatic carbocycles. The fourth-order valence-corrected chi connectivity index (χ4v) is 4.70. The highest BCUT2D eigenvalue weighted by Gasteiger charge is 2.25. The second-order valence-corrected chi connectivity index (χ2v) is 8.83. The summed E-state index contributed by atoms with van der Waals surface area (Å²) in [5, 5.41) is 7.47. The zero-order valence-corrected chi connectivity index (χ0v) is 19.0. The summed E-state index contributed by atoms with van der Waals surface area (Å²) in [5.41, 5.74) is 7.06. The van der Waals surface area contributed by atoms with Gasteiger partial charge in [-0.3, -0.25) is 24.6 Å². The first kappa shape index (κ1) is 21.3. The molecular weight excluding hydrogens is 416 g/mol. The van der Waals surface area contributed by atoms with E-state index in [9.17, 15) is 9.59 Å². The van der Waals surface area contributed by atoms with Crippen LogP contribution in [0.4, 0.5) is 5.69 Å². The number of hydrogen-bond acceptors (Lipinski definition) is 5. The molecule has 0 spiro atoms. The number of amides is 2. The molecule has 0 atom stereocenters. The number of pyridine rings is 1. The van der Waals surface area contributed by atoms with Gasteiger partial charge in [0.05, 0.1) is 17.5 Å². The SMILES string of the molecule is Cc1ccncc1C(=O)N1CCN(Cc2cn[nH]c2-c2ccc3c(c2)CCC(=O)N3C)CC1. The number of H-pyrrole nitrogens is 1. The van der Waals surface area contributed by atoms with Gasteiger partial charge in [-0.05, 0) is 42.7 Å². The minimum Gasteiger partial charge on any atom is -0.336 e. The van der Waals surface area contributed by atoms with Gasteiger partial charge in [0.15, 0.2) is 0 Å². The second kappa shape index (κ2) is 8.78. The number of anilines is 1. The fraction of sp³-hybridized carbons (Fsp3) is 0.360. The zero-order chi connectivity index (χ0) is 22.9. The summed E-state index contributed by atoms with van der Waals surface area (Å²) in [6.07, 6.45) is 6.58. The summed E-state index contributed by atoms with van der Waals surface area (Å²) in [6.45, 7) is 5.73. The Bertz CT molecular complexity index is 1200. The van der Waals surface area contributed by atoms with E-state index in [0.29, 0.717) is 25.1 Å². The molecule has 1 N–H and O–H groups in total. The number of carbonyl (C=O) groups is 2. The Kier molecular flexibility index (Phi) is 5.68. The molecule has 0 saturated carbocycles. The molecule has 1 fully saturated rings. The van der Waals surface area contributed by atoms with Crippen molar-refractivity contribution < 1.29 is 9.59 Å². The van der Waals surface area contributed by atoms with E-state index >= 15 is 0 Å². The third kappa shape index (κ3) is 4.14.